The minimum Gasteiger partial charge on any atom is -0.462 e. The van der Waals surface area contributed by atoms with E-state index in [2.05, 4.69) is 69.4 Å². The van der Waals surface area contributed by atoms with Gasteiger partial charge in [-0.2, -0.15) is 0 Å². The number of unbranched alkanes of at least 4 members (excludes halogenated alkanes) is 12. The molecular weight excluding hydrogens is 841 g/mol. The normalized spacial score (nSPS) is 13.8. The van der Waals surface area contributed by atoms with Gasteiger partial charge in [0.05, 0.1) is 0 Å². The van der Waals surface area contributed by atoms with E-state index in [4.69, 9.17) is 14.2 Å². The van der Waals surface area contributed by atoms with Crippen LogP contribution in [0.25, 0.3) is 0 Å². The van der Waals surface area contributed by atoms with Gasteiger partial charge < -0.3 is 14.2 Å². The average molecular weight is 929 g/mol. The lowest BCUT2D eigenvalue weighted by atomic mass is 10.1. The van der Waals surface area contributed by atoms with Gasteiger partial charge in [0.1, 0.15) is 13.2 Å². The first-order chi connectivity index (χ1) is 33.5. The zero-order valence-corrected chi connectivity index (χ0v) is 42.3. The predicted molar refractivity (Wildman–Crippen MR) is 292 cm³/mol. The van der Waals surface area contributed by atoms with Crippen LogP contribution in [0.15, 0.2) is 194 Å². The molecule has 0 radical (unpaired) electrons. The zero-order valence-electron chi connectivity index (χ0n) is 42.3. The lowest BCUT2D eigenvalue weighted by Crippen LogP contribution is -2.30. The van der Waals surface area contributed by atoms with E-state index in [1.54, 1.807) is 0 Å². The van der Waals surface area contributed by atoms with Gasteiger partial charge in [-0.3, -0.25) is 14.4 Å². The maximum atomic E-state index is 12.8. The molecule has 0 heterocycles. The summed E-state index contributed by atoms with van der Waals surface area (Å²) < 4.78 is 16.7. The van der Waals surface area contributed by atoms with Gasteiger partial charge in [-0.25, -0.2) is 0 Å². The third-order valence-electron chi connectivity index (χ3n) is 9.71. The predicted octanol–water partition coefficient (Wildman–Crippen LogP) is 17.1. The van der Waals surface area contributed by atoms with Crippen molar-refractivity contribution in [3.05, 3.63) is 194 Å². The summed E-state index contributed by atoms with van der Waals surface area (Å²) in [6.45, 7) is 6.12. The van der Waals surface area contributed by atoms with E-state index < -0.39 is 6.10 Å². The molecule has 0 aliphatic rings. The molecule has 0 aliphatic carbocycles. The number of carbonyl (C=O) groups is 3. The van der Waals surface area contributed by atoms with Gasteiger partial charge in [0.2, 0.25) is 0 Å². The van der Waals surface area contributed by atoms with E-state index in [0.29, 0.717) is 19.3 Å². The summed E-state index contributed by atoms with van der Waals surface area (Å²) in [5.74, 6) is -1.06. The third kappa shape index (κ3) is 51.2. The molecule has 372 valence electrons. The van der Waals surface area contributed by atoms with E-state index in [9.17, 15) is 14.4 Å². The van der Waals surface area contributed by atoms with Crippen molar-refractivity contribution in [1.29, 1.82) is 0 Å². The molecule has 68 heavy (non-hydrogen) atoms. The Morgan fingerprint density at radius 1 is 0.309 bits per heavy atom. The lowest BCUT2D eigenvalue weighted by molar-refractivity contribution is -0.167. The maximum absolute atomic E-state index is 12.8. The second-order valence-corrected chi connectivity index (χ2v) is 16.0. The molecule has 0 bridgehead atoms. The molecular formula is C62H88O6. The molecule has 1 atom stereocenters. The van der Waals surface area contributed by atoms with E-state index in [0.717, 1.165) is 89.9 Å². The van der Waals surface area contributed by atoms with E-state index in [1.165, 1.54) is 6.42 Å². The topological polar surface area (TPSA) is 78.9 Å². The average Bonchev–Trinajstić information content (AvgIpc) is 3.34. The fourth-order valence-corrected chi connectivity index (χ4v) is 5.93. The van der Waals surface area contributed by atoms with Crippen LogP contribution in [-0.2, 0) is 28.6 Å². The van der Waals surface area contributed by atoms with Crippen molar-refractivity contribution in [2.75, 3.05) is 13.2 Å². The molecule has 6 heteroatoms. The Balaban J connectivity index is 4.66. The monoisotopic (exact) mass is 929 g/mol. The standard InChI is InChI=1S/C62H88O6/c1-4-7-10-13-16-19-22-25-27-29-31-33-34-37-40-43-46-49-52-55-61(64)67-58-59(57-66-60(63)54-51-48-45-42-39-36-24-21-18-15-12-9-6-3)68-62(65)56-53-50-47-44-41-38-35-32-30-28-26-23-20-17-14-11-8-5-2/h7,9-37,39-40,59H,4-6,8,38,41-58H2,1-3H3/b10-7-,12-9-,14-11-,16-13-,18-15-,20-17-,22-19-,24-21-,26-23-,27-25-,30-28-,31-29+,34-33-,35-32-,39-36-,40-37-. The summed E-state index contributed by atoms with van der Waals surface area (Å²) in [6, 6.07) is 0. The van der Waals surface area contributed by atoms with Gasteiger partial charge in [-0.05, 0) is 77.0 Å². The van der Waals surface area contributed by atoms with Crippen LogP contribution < -0.4 is 0 Å². The van der Waals surface area contributed by atoms with Crippen LogP contribution in [0.5, 0.6) is 0 Å². The molecule has 0 saturated carbocycles. The van der Waals surface area contributed by atoms with Crippen LogP contribution >= 0.6 is 0 Å². The zero-order chi connectivity index (χ0) is 49.3. The molecule has 1 unspecified atom stereocenters. The Morgan fingerprint density at radius 2 is 0.574 bits per heavy atom. The van der Waals surface area contributed by atoms with Crippen LogP contribution in [0.2, 0.25) is 0 Å². The summed E-state index contributed by atoms with van der Waals surface area (Å²) in [4.78, 5) is 38.0. The van der Waals surface area contributed by atoms with Crippen molar-refractivity contribution in [1.82, 2.24) is 0 Å². The van der Waals surface area contributed by atoms with Crippen molar-refractivity contribution in [3.8, 4) is 0 Å². The molecule has 0 amide bonds. The van der Waals surface area contributed by atoms with Crippen molar-refractivity contribution in [2.24, 2.45) is 0 Å². The summed E-state index contributed by atoms with van der Waals surface area (Å²) in [7, 11) is 0. The minimum atomic E-state index is -0.840. The van der Waals surface area contributed by atoms with E-state index in [1.807, 2.05) is 146 Å². The van der Waals surface area contributed by atoms with Gasteiger partial charge in [0.15, 0.2) is 6.10 Å². The van der Waals surface area contributed by atoms with Gasteiger partial charge >= 0.3 is 17.9 Å². The molecule has 0 spiro atoms. The Kier molecular flexibility index (Phi) is 49.3. The first kappa shape index (κ1) is 62.2. The smallest absolute Gasteiger partial charge is 0.306 e. The van der Waals surface area contributed by atoms with Gasteiger partial charge in [0.25, 0.3) is 0 Å². The number of esters is 3. The highest BCUT2D eigenvalue weighted by Gasteiger charge is 2.19. The number of ether oxygens (including phenoxy) is 3. The van der Waals surface area contributed by atoms with Gasteiger partial charge in [-0.15, -0.1) is 0 Å². The summed E-state index contributed by atoms with van der Waals surface area (Å²) in [5, 5.41) is 0. The van der Waals surface area contributed by atoms with E-state index >= 15 is 0 Å². The second-order valence-electron chi connectivity index (χ2n) is 16.0. The highest BCUT2D eigenvalue weighted by atomic mass is 16.6. The molecule has 0 aromatic rings. The van der Waals surface area contributed by atoms with Crippen molar-refractivity contribution in [3.63, 3.8) is 0 Å². The first-order valence-electron chi connectivity index (χ1n) is 25.7. The van der Waals surface area contributed by atoms with Crippen molar-refractivity contribution < 1.29 is 28.6 Å². The fourth-order valence-electron chi connectivity index (χ4n) is 5.93. The highest BCUT2D eigenvalue weighted by Crippen LogP contribution is 2.12. The molecule has 0 fully saturated rings. The SMILES string of the molecule is CC\C=C/C=C\C=C/C=C\C=C\C=C/C=C\CCCCCC(=O)OCC(COC(=O)CCCCC\C=C/C=C\C=C/C=C\CC)OC(=O)CCCCCCC\C=C/C=C\C=C/C=C\C=C/CCC. The Bertz CT molecular complexity index is 1730. The van der Waals surface area contributed by atoms with Crippen LogP contribution in [0.3, 0.4) is 0 Å². The largest absolute Gasteiger partial charge is 0.462 e. The van der Waals surface area contributed by atoms with Crippen LogP contribution in [0.1, 0.15) is 156 Å². The number of rotatable bonds is 42. The second kappa shape index (κ2) is 53.9. The van der Waals surface area contributed by atoms with Gasteiger partial charge in [0, 0.05) is 19.3 Å². The fraction of sp³-hybridized carbons (Fsp3) is 0.435. The van der Waals surface area contributed by atoms with Gasteiger partial charge in [-0.1, -0.05) is 254 Å². The molecule has 0 N–H and O–H groups in total. The molecule has 0 aliphatic heterocycles. The number of allylic oxidation sites excluding steroid dienone is 32. The number of hydrogen-bond acceptors (Lipinski definition) is 6. The van der Waals surface area contributed by atoms with E-state index in [-0.39, 0.29) is 50.4 Å². The summed E-state index contributed by atoms with van der Waals surface area (Å²) >= 11 is 0. The third-order valence-corrected chi connectivity index (χ3v) is 9.71. The van der Waals surface area contributed by atoms with Crippen molar-refractivity contribution in [2.45, 2.75) is 162 Å². The lowest BCUT2D eigenvalue weighted by Gasteiger charge is -2.18. The molecule has 0 aromatic carbocycles. The molecule has 0 aromatic heterocycles. The summed E-state index contributed by atoms with van der Waals surface area (Å²) in [5.41, 5.74) is 0. The first-order valence-corrected chi connectivity index (χ1v) is 25.7. The molecule has 0 saturated heterocycles. The highest BCUT2D eigenvalue weighted by molar-refractivity contribution is 5.71. The summed E-state index contributed by atoms with van der Waals surface area (Å²) in [6.07, 6.45) is 82.6. The Morgan fingerprint density at radius 3 is 0.912 bits per heavy atom. The Hall–Kier alpha value is -5.75. The molecule has 6 nitrogen and oxygen atoms in total. The van der Waals surface area contributed by atoms with Crippen LogP contribution in [-0.4, -0.2) is 37.2 Å². The van der Waals surface area contributed by atoms with Crippen molar-refractivity contribution >= 4 is 17.9 Å². The maximum Gasteiger partial charge on any atom is 0.306 e. The minimum absolute atomic E-state index is 0.137. The number of carbonyl (C=O) groups excluding carboxylic acids is 3. The molecule has 0 rings (SSSR count). The number of hydrogen-bond donors (Lipinski definition) is 0. The Labute approximate surface area is 414 Å². The van der Waals surface area contributed by atoms with Crippen LogP contribution in [0, 0.1) is 0 Å². The quantitative estimate of drug-likeness (QED) is 0.0263. The van der Waals surface area contributed by atoms with Crippen LogP contribution in [0.4, 0.5) is 0 Å².